The molecule has 1 amide bonds. The van der Waals surface area contributed by atoms with Crippen molar-refractivity contribution in [3.63, 3.8) is 0 Å². The van der Waals surface area contributed by atoms with E-state index in [0.717, 1.165) is 0 Å². The molecule has 6 nitrogen and oxygen atoms in total. The minimum absolute atomic E-state index is 0.251. The van der Waals surface area contributed by atoms with E-state index in [0.29, 0.717) is 23.9 Å². The average Bonchev–Trinajstić information content (AvgIpc) is 2.49. The third kappa shape index (κ3) is 4.18. The summed E-state index contributed by atoms with van der Waals surface area (Å²) in [5.74, 6) is 0.946. The highest BCUT2D eigenvalue weighted by molar-refractivity contribution is 6.03. The van der Waals surface area contributed by atoms with Crippen molar-refractivity contribution in [2.45, 2.75) is 26.8 Å². The fraction of sp³-hybridized carbons (Fsp3) is 0.312. The second-order valence-electron chi connectivity index (χ2n) is 4.97. The van der Waals surface area contributed by atoms with Gasteiger partial charge in [0.2, 0.25) is 0 Å². The van der Waals surface area contributed by atoms with Crippen molar-refractivity contribution in [1.29, 1.82) is 0 Å². The molecule has 0 unspecified atom stereocenters. The van der Waals surface area contributed by atoms with Gasteiger partial charge in [-0.15, -0.1) is 0 Å². The van der Waals surface area contributed by atoms with Crippen LogP contribution in [0, 0.1) is 0 Å². The van der Waals surface area contributed by atoms with Crippen LogP contribution in [0.15, 0.2) is 36.7 Å². The second kappa shape index (κ2) is 7.40. The van der Waals surface area contributed by atoms with E-state index >= 15 is 0 Å². The Hall–Kier alpha value is -2.63. The first-order valence-corrected chi connectivity index (χ1v) is 7.22. The zero-order valence-electron chi connectivity index (χ0n) is 13.0. The number of anilines is 2. The van der Waals surface area contributed by atoms with Crippen LogP contribution in [0.5, 0.6) is 5.75 Å². The number of carbonyl (C=O) groups excluding carboxylic acids is 1. The number of rotatable bonds is 6. The topological polar surface area (TPSA) is 76.1 Å². The molecule has 2 rings (SSSR count). The summed E-state index contributed by atoms with van der Waals surface area (Å²) in [5.41, 5.74) is 0.862. The number of aromatic nitrogens is 2. The number of para-hydroxylation sites is 2. The lowest BCUT2D eigenvalue weighted by atomic mass is 10.3. The second-order valence-corrected chi connectivity index (χ2v) is 4.97. The Morgan fingerprint density at radius 1 is 1.23 bits per heavy atom. The first-order valence-electron chi connectivity index (χ1n) is 7.22. The number of amides is 1. The summed E-state index contributed by atoms with van der Waals surface area (Å²) in [4.78, 5) is 20.5. The van der Waals surface area contributed by atoms with Crippen LogP contribution in [0.1, 0.15) is 31.3 Å². The normalized spacial score (nSPS) is 10.4. The van der Waals surface area contributed by atoms with Gasteiger partial charge in [0, 0.05) is 6.04 Å². The average molecular weight is 300 g/mol. The van der Waals surface area contributed by atoms with Crippen molar-refractivity contribution in [1.82, 2.24) is 9.97 Å². The van der Waals surface area contributed by atoms with Crippen LogP contribution in [0.25, 0.3) is 0 Å². The number of benzene rings is 1. The molecule has 6 heteroatoms. The molecule has 2 aromatic rings. The number of nitrogens with zero attached hydrogens (tertiary/aromatic N) is 2. The molecule has 0 atom stereocenters. The largest absolute Gasteiger partial charge is 0.492 e. The Bertz CT molecular complexity index is 626. The van der Waals surface area contributed by atoms with Gasteiger partial charge >= 0.3 is 0 Å². The van der Waals surface area contributed by atoms with E-state index in [1.165, 1.54) is 6.20 Å². The zero-order valence-corrected chi connectivity index (χ0v) is 13.0. The van der Waals surface area contributed by atoms with Crippen molar-refractivity contribution < 1.29 is 9.53 Å². The molecule has 22 heavy (non-hydrogen) atoms. The minimum Gasteiger partial charge on any atom is -0.492 e. The molecule has 0 aliphatic heterocycles. The smallest absolute Gasteiger partial charge is 0.275 e. The maximum Gasteiger partial charge on any atom is 0.275 e. The van der Waals surface area contributed by atoms with E-state index in [1.54, 1.807) is 18.3 Å². The maximum atomic E-state index is 12.2. The fourth-order valence-corrected chi connectivity index (χ4v) is 1.85. The van der Waals surface area contributed by atoms with Crippen LogP contribution < -0.4 is 15.4 Å². The van der Waals surface area contributed by atoms with Gasteiger partial charge in [0.15, 0.2) is 0 Å². The van der Waals surface area contributed by atoms with E-state index < -0.39 is 0 Å². The van der Waals surface area contributed by atoms with Crippen LogP contribution in [-0.4, -0.2) is 28.5 Å². The summed E-state index contributed by atoms with van der Waals surface area (Å²) >= 11 is 0. The van der Waals surface area contributed by atoms with Crippen LogP contribution in [0.4, 0.5) is 11.5 Å². The molecule has 116 valence electrons. The molecule has 0 fully saturated rings. The van der Waals surface area contributed by atoms with E-state index in [4.69, 9.17) is 4.74 Å². The Morgan fingerprint density at radius 3 is 2.64 bits per heavy atom. The highest BCUT2D eigenvalue weighted by atomic mass is 16.5. The van der Waals surface area contributed by atoms with Crippen LogP contribution in [0.2, 0.25) is 0 Å². The van der Waals surface area contributed by atoms with E-state index in [2.05, 4.69) is 20.6 Å². The van der Waals surface area contributed by atoms with Crippen LogP contribution in [-0.2, 0) is 0 Å². The van der Waals surface area contributed by atoms with Crippen molar-refractivity contribution in [3.8, 4) is 5.75 Å². The van der Waals surface area contributed by atoms with E-state index in [-0.39, 0.29) is 17.6 Å². The highest BCUT2D eigenvalue weighted by Crippen LogP contribution is 2.24. The SMILES string of the molecule is CCOc1ccccc1NC(=O)c1cnc(NC(C)C)cn1. The molecular formula is C16H20N4O2. The number of hydrogen-bond donors (Lipinski definition) is 2. The molecule has 0 aliphatic carbocycles. The number of carbonyl (C=O) groups is 1. The van der Waals surface area contributed by atoms with E-state index in [1.807, 2.05) is 32.9 Å². The monoisotopic (exact) mass is 300 g/mol. The first kappa shape index (κ1) is 15.8. The van der Waals surface area contributed by atoms with Crippen LogP contribution >= 0.6 is 0 Å². The summed E-state index contributed by atoms with van der Waals surface area (Å²) in [5, 5.41) is 5.91. The van der Waals surface area contributed by atoms with Crippen molar-refractivity contribution in [3.05, 3.63) is 42.4 Å². The lowest BCUT2D eigenvalue weighted by molar-refractivity contribution is 0.102. The third-order valence-corrected chi connectivity index (χ3v) is 2.76. The molecule has 1 heterocycles. The molecule has 0 spiro atoms. The Balaban J connectivity index is 2.09. The van der Waals surface area contributed by atoms with Gasteiger partial charge in [0.25, 0.3) is 5.91 Å². The zero-order chi connectivity index (χ0) is 15.9. The van der Waals surface area contributed by atoms with Crippen molar-refractivity contribution >= 4 is 17.4 Å². The molecule has 0 aliphatic rings. The number of nitrogens with one attached hydrogen (secondary N) is 2. The summed E-state index contributed by atoms with van der Waals surface area (Å²) in [6.45, 7) is 6.44. The molecular weight excluding hydrogens is 280 g/mol. The third-order valence-electron chi connectivity index (χ3n) is 2.76. The van der Waals surface area contributed by atoms with Gasteiger partial charge in [-0.05, 0) is 32.9 Å². The molecule has 0 saturated heterocycles. The molecule has 0 radical (unpaired) electrons. The van der Waals surface area contributed by atoms with Gasteiger partial charge in [-0.1, -0.05) is 12.1 Å². The minimum atomic E-state index is -0.323. The predicted octanol–water partition coefficient (Wildman–Crippen LogP) is 2.95. The van der Waals surface area contributed by atoms with Gasteiger partial charge in [-0.25, -0.2) is 9.97 Å². The van der Waals surface area contributed by atoms with Gasteiger partial charge in [-0.2, -0.15) is 0 Å². The van der Waals surface area contributed by atoms with Crippen molar-refractivity contribution in [2.24, 2.45) is 0 Å². The molecule has 0 bridgehead atoms. The fourth-order valence-electron chi connectivity index (χ4n) is 1.85. The maximum absolute atomic E-state index is 12.2. The molecule has 0 saturated carbocycles. The standard InChI is InChI=1S/C16H20N4O2/c1-4-22-14-8-6-5-7-12(14)20-16(21)13-9-18-15(10-17-13)19-11(2)3/h5-11H,4H2,1-3H3,(H,18,19)(H,20,21). The van der Waals surface area contributed by atoms with Gasteiger partial charge in [-0.3, -0.25) is 4.79 Å². The van der Waals surface area contributed by atoms with Gasteiger partial charge in [0.05, 0.1) is 24.7 Å². The molecule has 1 aromatic carbocycles. The summed E-state index contributed by atoms with van der Waals surface area (Å²) in [6.07, 6.45) is 2.99. The predicted molar refractivity (Wildman–Crippen MR) is 86.4 cm³/mol. The lowest BCUT2D eigenvalue weighted by Crippen LogP contribution is -2.16. The summed E-state index contributed by atoms with van der Waals surface area (Å²) in [6, 6.07) is 7.53. The molecule has 1 aromatic heterocycles. The molecule has 2 N–H and O–H groups in total. The Kier molecular flexibility index (Phi) is 5.30. The highest BCUT2D eigenvalue weighted by Gasteiger charge is 2.11. The number of hydrogen-bond acceptors (Lipinski definition) is 5. The lowest BCUT2D eigenvalue weighted by Gasteiger charge is -2.11. The van der Waals surface area contributed by atoms with E-state index in [9.17, 15) is 4.79 Å². The Morgan fingerprint density at radius 2 is 2.00 bits per heavy atom. The first-order chi connectivity index (χ1) is 10.6. The summed E-state index contributed by atoms with van der Waals surface area (Å²) < 4.78 is 5.48. The number of ether oxygens (including phenoxy) is 1. The summed E-state index contributed by atoms with van der Waals surface area (Å²) in [7, 11) is 0. The quantitative estimate of drug-likeness (QED) is 0.857. The van der Waals surface area contributed by atoms with Gasteiger partial charge < -0.3 is 15.4 Å². The van der Waals surface area contributed by atoms with Crippen molar-refractivity contribution in [2.75, 3.05) is 17.2 Å². The van der Waals surface area contributed by atoms with Gasteiger partial charge in [0.1, 0.15) is 17.3 Å². The Labute approximate surface area is 129 Å². The van der Waals surface area contributed by atoms with Crippen LogP contribution in [0.3, 0.4) is 0 Å².